The van der Waals surface area contributed by atoms with E-state index in [4.69, 9.17) is 16.3 Å². The van der Waals surface area contributed by atoms with Crippen LogP contribution in [-0.4, -0.2) is 20.4 Å². The number of anilines is 2. The molecular formula is C24H25ClN2O4S. The van der Waals surface area contributed by atoms with E-state index in [1.807, 2.05) is 39.0 Å². The second-order valence-corrected chi connectivity index (χ2v) is 9.53. The zero-order valence-corrected chi connectivity index (χ0v) is 19.6. The molecule has 8 heteroatoms. The molecule has 0 spiro atoms. The number of rotatable bonds is 8. The van der Waals surface area contributed by atoms with Gasteiger partial charge in [-0.25, -0.2) is 8.42 Å². The molecule has 0 bridgehead atoms. The standard InChI is InChI=1S/C24H25ClN2O4S/c1-4-22(31-23-15-16(2)5-6-17(23)3)24(28)26-19-11-13-21(14-12-19)32(29,30)27-20-9-7-18(25)8-10-20/h5-15,22,27H,4H2,1-3H3,(H,26,28)/t22-/m1/s1. The largest absolute Gasteiger partial charge is 0.480 e. The number of carbonyl (C=O) groups excluding carboxylic acids is 1. The van der Waals surface area contributed by atoms with Gasteiger partial charge in [-0.1, -0.05) is 30.7 Å². The lowest BCUT2D eigenvalue weighted by Crippen LogP contribution is -2.32. The summed E-state index contributed by atoms with van der Waals surface area (Å²) in [4.78, 5) is 12.8. The molecule has 0 aliphatic rings. The molecule has 1 amide bonds. The van der Waals surface area contributed by atoms with Crippen molar-refractivity contribution in [2.45, 2.75) is 38.2 Å². The Morgan fingerprint density at radius 2 is 1.59 bits per heavy atom. The minimum Gasteiger partial charge on any atom is -0.480 e. The molecule has 2 N–H and O–H groups in total. The van der Waals surface area contributed by atoms with Gasteiger partial charge in [-0.3, -0.25) is 9.52 Å². The molecule has 3 aromatic carbocycles. The fourth-order valence-corrected chi connectivity index (χ4v) is 4.17. The maximum atomic E-state index is 12.7. The van der Waals surface area contributed by atoms with E-state index in [1.54, 1.807) is 36.4 Å². The van der Waals surface area contributed by atoms with E-state index < -0.39 is 16.1 Å². The number of carbonyl (C=O) groups is 1. The number of ether oxygens (including phenoxy) is 1. The molecule has 6 nitrogen and oxygen atoms in total. The highest BCUT2D eigenvalue weighted by molar-refractivity contribution is 7.92. The zero-order chi connectivity index (χ0) is 23.3. The third kappa shape index (κ3) is 6.02. The molecule has 3 aromatic rings. The van der Waals surface area contributed by atoms with Crippen LogP contribution in [0.2, 0.25) is 5.02 Å². The average molecular weight is 473 g/mol. The van der Waals surface area contributed by atoms with Crippen LogP contribution in [0, 0.1) is 13.8 Å². The number of halogens is 1. The first kappa shape index (κ1) is 23.6. The van der Waals surface area contributed by atoms with Gasteiger partial charge in [-0.05, 0) is 86.0 Å². The highest BCUT2D eigenvalue weighted by Gasteiger charge is 2.20. The van der Waals surface area contributed by atoms with Crippen molar-refractivity contribution in [3.63, 3.8) is 0 Å². The van der Waals surface area contributed by atoms with Crippen molar-refractivity contribution in [3.05, 3.63) is 82.9 Å². The first-order valence-electron chi connectivity index (χ1n) is 10.1. The number of sulfonamides is 1. The molecule has 0 aliphatic carbocycles. The van der Waals surface area contributed by atoms with E-state index in [0.29, 0.717) is 28.6 Å². The first-order valence-corrected chi connectivity index (χ1v) is 12.0. The third-order valence-electron chi connectivity index (χ3n) is 4.80. The van der Waals surface area contributed by atoms with Crippen LogP contribution in [0.1, 0.15) is 24.5 Å². The normalized spacial score (nSPS) is 12.1. The molecule has 0 radical (unpaired) electrons. The molecule has 0 fully saturated rings. The molecule has 0 unspecified atom stereocenters. The lowest BCUT2D eigenvalue weighted by Gasteiger charge is -2.19. The minimum absolute atomic E-state index is 0.0733. The Morgan fingerprint density at radius 3 is 2.22 bits per heavy atom. The van der Waals surface area contributed by atoms with Gasteiger partial charge in [-0.2, -0.15) is 0 Å². The van der Waals surface area contributed by atoms with Gasteiger partial charge in [0.05, 0.1) is 4.90 Å². The Kier molecular flexibility index (Phi) is 7.43. The summed E-state index contributed by atoms with van der Waals surface area (Å²) in [6.07, 6.45) is -0.193. The van der Waals surface area contributed by atoms with Crippen LogP contribution in [0.15, 0.2) is 71.6 Å². The van der Waals surface area contributed by atoms with Crippen molar-refractivity contribution in [1.82, 2.24) is 0 Å². The van der Waals surface area contributed by atoms with Crippen LogP contribution in [0.25, 0.3) is 0 Å². The van der Waals surface area contributed by atoms with Gasteiger partial charge in [0, 0.05) is 16.4 Å². The van der Waals surface area contributed by atoms with Gasteiger partial charge in [-0.15, -0.1) is 0 Å². The molecule has 32 heavy (non-hydrogen) atoms. The monoisotopic (exact) mass is 472 g/mol. The molecule has 0 heterocycles. The molecule has 0 aliphatic heterocycles. The summed E-state index contributed by atoms with van der Waals surface area (Å²) in [7, 11) is -3.77. The second-order valence-electron chi connectivity index (χ2n) is 7.41. The molecule has 0 saturated carbocycles. The number of amides is 1. The van der Waals surface area contributed by atoms with Gasteiger partial charge in [0.25, 0.3) is 15.9 Å². The summed E-state index contributed by atoms with van der Waals surface area (Å²) in [6, 6.07) is 18.1. The van der Waals surface area contributed by atoms with E-state index in [0.717, 1.165) is 11.1 Å². The Morgan fingerprint density at radius 1 is 0.969 bits per heavy atom. The Hall–Kier alpha value is -3.03. The Bertz CT molecular complexity index is 1190. The van der Waals surface area contributed by atoms with Crippen molar-refractivity contribution >= 4 is 38.9 Å². The highest BCUT2D eigenvalue weighted by atomic mass is 35.5. The average Bonchev–Trinajstić information content (AvgIpc) is 2.76. The lowest BCUT2D eigenvalue weighted by atomic mass is 10.1. The van der Waals surface area contributed by atoms with E-state index in [2.05, 4.69) is 10.0 Å². The van der Waals surface area contributed by atoms with Crippen LogP contribution in [0.5, 0.6) is 5.75 Å². The molecule has 1 atom stereocenters. The SMILES string of the molecule is CC[C@@H](Oc1cc(C)ccc1C)C(=O)Nc1ccc(S(=O)(=O)Nc2ccc(Cl)cc2)cc1. The summed E-state index contributed by atoms with van der Waals surface area (Å²) >= 11 is 5.83. The molecule has 0 aromatic heterocycles. The maximum absolute atomic E-state index is 12.7. The van der Waals surface area contributed by atoms with Crippen molar-refractivity contribution < 1.29 is 17.9 Å². The van der Waals surface area contributed by atoms with Crippen LogP contribution in [0.4, 0.5) is 11.4 Å². The number of hydrogen-bond donors (Lipinski definition) is 2. The smallest absolute Gasteiger partial charge is 0.265 e. The fourth-order valence-electron chi connectivity index (χ4n) is 2.98. The molecular weight excluding hydrogens is 448 g/mol. The van der Waals surface area contributed by atoms with Crippen LogP contribution in [0.3, 0.4) is 0 Å². The van der Waals surface area contributed by atoms with E-state index >= 15 is 0 Å². The van der Waals surface area contributed by atoms with Gasteiger partial charge in [0.2, 0.25) is 0 Å². The van der Waals surface area contributed by atoms with Gasteiger partial charge in [0.15, 0.2) is 6.10 Å². The summed E-state index contributed by atoms with van der Waals surface area (Å²) < 4.78 is 33.6. The van der Waals surface area contributed by atoms with Crippen LogP contribution < -0.4 is 14.8 Å². The summed E-state index contributed by atoms with van der Waals surface area (Å²) in [5.41, 5.74) is 2.87. The molecule has 3 rings (SSSR count). The number of hydrogen-bond acceptors (Lipinski definition) is 4. The topological polar surface area (TPSA) is 84.5 Å². The van der Waals surface area contributed by atoms with Gasteiger partial charge < -0.3 is 10.1 Å². The quantitative estimate of drug-likeness (QED) is 0.450. The molecule has 168 valence electrons. The zero-order valence-electron chi connectivity index (χ0n) is 18.1. The predicted octanol–water partition coefficient (Wildman–Crippen LogP) is 5.55. The van der Waals surface area contributed by atoms with Crippen LogP contribution in [-0.2, 0) is 14.8 Å². The maximum Gasteiger partial charge on any atom is 0.265 e. The number of aryl methyl sites for hydroxylation is 2. The van der Waals surface area contributed by atoms with Gasteiger partial charge in [0.1, 0.15) is 5.75 Å². The summed E-state index contributed by atoms with van der Waals surface area (Å²) in [5, 5.41) is 3.30. The van der Waals surface area contributed by atoms with E-state index in [1.165, 1.54) is 12.1 Å². The third-order valence-corrected chi connectivity index (χ3v) is 6.45. The minimum atomic E-state index is -3.77. The van der Waals surface area contributed by atoms with Crippen molar-refractivity contribution in [3.8, 4) is 5.75 Å². The molecule has 0 saturated heterocycles. The van der Waals surface area contributed by atoms with Crippen molar-refractivity contribution in [1.29, 1.82) is 0 Å². The number of nitrogens with one attached hydrogen (secondary N) is 2. The highest BCUT2D eigenvalue weighted by Crippen LogP contribution is 2.23. The Balaban J connectivity index is 1.67. The Labute approximate surface area is 193 Å². The van der Waals surface area contributed by atoms with Crippen molar-refractivity contribution in [2.24, 2.45) is 0 Å². The summed E-state index contributed by atoms with van der Waals surface area (Å²) in [6.45, 7) is 5.76. The fraction of sp³-hybridized carbons (Fsp3) is 0.208. The lowest BCUT2D eigenvalue weighted by molar-refractivity contribution is -0.122. The summed E-state index contributed by atoms with van der Waals surface area (Å²) in [5.74, 6) is 0.366. The van der Waals surface area contributed by atoms with E-state index in [9.17, 15) is 13.2 Å². The van der Waals surface area contributed by atoms with Gasteiger partial charge >= 0.3 is 0 Å². The second kappa shape index (κ2) is 10.1. The predicted molar refractivity (Wildman–Crippen MR) is 128 cm³/mol. The van der Waals surface area contributed by atoms with E-state index in [-0.39, 0.29) is 10.8 Å². The number of benzene rings is 3. The van der Waals surface area contributed by atoms with Crippen molar-refractivity contribution in [2.75, 3.05) is 10.0 Å². The van der Waals surface area contributed by atoms with Crippen LogP contribution >= 0.6 is 11.6 Å². The first-order chi connectivity index (χ1) is 15.2.